The van der Waals surface area contributed by atoms with Crippen molar-refractivity contribution in [3.8, 4) is 6.07 Å². The minimum Gasteiger partial charge on any atom is -0.337 e. The summed E-state index contributed by atoms with van der Waals surface area (Å²) in [6.45, 7) is 3.51. The summed E-state index contributed by atoms with van der Waals surface area (Å²) in [6.07, 6.45) is 0.831. The highest BCUT2D eigenvalue weighted by Crippen LogP contribution is 2.18. The number of nitriles is 1. The molecule has 134 valence electrons. The summed E-state index contributed by atoms with van der Waals surface area (Å²) in [5.41, 5.74) is 1.84. The van der Waals surface area contributed by atoms with Crippen molar-refractivity contribution in [1.82, 2.24) is 9.80 Å². The van der Waals surface area contributed by atoms with Crippen LogP contribution in [-0.4, -0.2) is 41.9 Å². The first-order valence-corrected chi connectivity index (χ1v) is 8.90. The first-order valence-electron chi connectivity index (χ1n) is 8.52. The molecule has 0 bridgehead atoms. The van der Waals surface area contributed by atoms with Crippen molar-refractivity contribution in [2.24, 2.45) is 0 Å². The zero-order valence-electron chi connectivity index (χ0n) is 14.3. The predicted molar refractivity (Wildman–Crippen MR) is 98.4 cm³/mol. The Labute approximate surface area is 157 Å². The van der Waals surface area contributed by atoms with Crippen LogP contribution in [0.5, 0.6) is 0 Å². The zero-order chi connectivity index (χ0) is 18.5. The van der Waals surface area contributed by atoms with Gasteiger partial charge in [0.25, 0.3) is 5.91 Å². The average molecular weight is 372 g/mol. The van der Waals surface area contributed by atoms with Crippen molar-refractivity contribution in [2.45, 2.75) is 13.0 Å². The van der Waals surface area contributed by atoms with Gasteiger partial charge in [0.2, 0.25) is 0 Å². The molecule has 3 rings (SSSR count). The van der Waals surface area contributed by atoms with Gasteiger partial charge >= 0.3 is 0 Å². The molecule has 0 atom stereocenters. The van der Waals surface area contributed by atoms with E-state index in [-0.39, 0.29) is 16.5 Å². The maximum Gasteiger partial charge on any atom is 0.256 e. The van der Waals surface area contributed by atoms with Gasteiger partial charge in [-0.1, -0.05) is 23.7 Å². The molecule has 1 aliphatic heterocycles. The number of benzene rings is 2. The van der Waals surface area contributed by atoms with Gasteiger partial charge in [-0.25, -0.2) is 4.39 Å². The van der Waals surface area contributed by atoms with Crippen LogP contribution in [0, 0.1) is 17.1 Å². The monoisotopic (exact) mass is 371 g/mol. The van der Waals surface area contributed by atoms with Crippen LogP contribution in [-0.2, 0) is 6.54 Å². The van der Waals surface area contributed by atoms with Crippen molar-refractivity contribution in [2.75, 3.05) is 26.2 Å². The molecule has 0 radical (unpaired) electrons. The smallest absolute Gasteiger partial charge is 0.256 e. The van der Waals surface area contributed by atoms with E-state index in [1.165, 1.54) is 18.2 Å². The fourth-order valence-electron chi connectivity index (χ4n) is 3.11. The number of halogens is 2. The molecular formula is C20H19ClFN3O. The number of carbonyl (C=O) groups is 1. The maximum atomic E-state index is 14.0. The molecule has 4 nitrogen and oxygen atoms in total. The molecule has 1 aliphatic rings. The summed E-state index contributed by atoms with van der Waals surface area (Å²) in [5.74, 6) is -0.874. The third-order valence-electron chi connectivity index (χ3n) is 4.53. The minimum absolute atomic E-state index is 0.0648. The van der Waals surface area contributed by atoms with Gasteiger partial charge < -0.3 is 4.90 Å². The van der Waals surface area contributed by atoms with Crippen LogP contribution in [0.25, 0.3) is 0 Å². The van der Waals surface area contributed by atoms with Crippen molar-refractivity contribution in [1.29, 1.82) is 5.26 Å². The van der Waals surface area contributed by atoms with Crippen molar-refractivity contribution in [3.05, 3.63) is 70.0 Å². The Morgan fingerprint density at radius 3 is 2.58 bits per heavy atom. The van der Waals surface area contributed by atoms with E-state index in [4.69, 9.17) is 16.9 Å². The largest absolute Gasteiger partial charge is 0.337 e. The van der Waals surface area contributed by atoms with Crippen LogP contribution in [0.1, 0.15) is 27.9 Å². The van der Waals surface area contributed by atoms with E-state index in [0.717, 1.165) is 31.6 Å². The summed E-state index contributed by atoms with van der Waals surface area (Å²) in [7, 11) is 0. The number of amides is 1. The molecule has 2 aromatic rings. The predicted octanol–water partition coefficient (Wildman–Crippen LogP) is 3.70. The first-order chi connectivity index (χ1) is 12.6. The number of hydrogen-bond donors (Lipinski definition) is 0. The molecule has 26 heavy (non-hydrogen) atoms. The Bertz CT molecular complexity index is 832. The summed E-state index contributed by atoms with van der Waals surface area (Å²) in [4.78, 5) is 16.6. The van der Waals surface area contributed by atoms with Gasteiger partial charge in [0, 0.05) is 37.7 Å². The first kappa shape index (κ1) is 18.4. The lowest BCUT2D eigenvalue weighted by atomic mass is 10.1. The van der Waals surface area contributed by atoms with Crippen LogP contribution >= 0.6 is 11.6 Å². The molecule has 1 saturated heterocycles. The second-order valence-electron chi connectivity index (χ2n) is 6.35. The Morgan fingerprint density at radius 1 is 1.12 bits per heavy atom. The van der Waals surface area contributed by atoms with Crippen LogP contribution in [0.2, 0.25) is 5.02 Å². The van der Waals surface area contributed by atoms with Crippen LogP contribution in [0.4, 0.5) is 4.39 Å². The van der Waals surface area contributed by atoms with E-state index in [1.54, 1.807) is 4.90 Å². The Balaban J connectivity index is 1.62. The van der Waals surface area contributed by atoms with Gasteiger partial charge in [0.05, 0.1) is 17.2 Å². The Hall–Kier alpha value is -2.42. The van der Waals surface area contributed by atoms with Crippen LogP contribution in [0.3, 0.4) is 0 Å². The molecule has 0 unspecified atom stereocenters. The average Bonchev–Trinajstić information content (AvgIpc) is 2.87. The van der Waals surface area contributed by atoms with Crippen molar-refractivity contribution >= 4 is 17.5 Å². The highest BCUT2D eigenvalue weighted by atomic mass is 35.5. The lowest BCUT2D eigenvalue weighted by molar-refractivity contribution is 0.0756. The van der Waals surface area contributed by atoms with E-state index >= 15 is 0 Å². The van der Waals surface area contributed by atoms with Gasteiger partial charge in [-0.2, -0.15) is 5.26 Å². The van der Waals surface area contributed by atoms with E-state index in [9.17, 15) is 9.18 Å². The highest BCUT2D eigenvalue weighted by Gasteiger charge is 2.22. The number of rotatable bonds is 3. The highest BCUT2D eigenvalue weighted by molar-refractivity contribution is 6.30. The standard InChI is InChI=1S/C20H19ClFN3O/c21-17-6-7-18(19(22)12-17)20(26)25-9-1-8-24(10-11-25)14-16-4-2-15(13-23)3-5-16/h2-7,12H,1,8-11,14H2. The summed E-state index contributed by atoms with van der Waals surface area (Å²) < 4.78 is 14.0. The Kier molecular flexibility index (Phi) is 5.87. The van der Waals surface area contributed by atoms with E-state index < -0.39 is 5.82 Å². The van der Waals surface area contributed by atoms with Gasteiger partial charge in [-0.05, 0) is 42.3 Å². The summed E-state index contributed by atoms with van der Waals surface area (Å²) in [5, 5.41) is 9.15. The molecule has 6 heteroatoms. The second kappa shape index (κ2) is 8.31. The van der Waals surface area contributed by atoms with Crippen LogP contribution < -0.4 is 0 Å². The SMILES string of the molecule is N#Cc1ccc(CN2CCCN(C(=O)c3ccc(Cl)cc3F)CC2)cc1. The minimum atomic E-state index is -0.582. The zero-order valence-corrected chi connectivity index (χ0v) is 15.0. The second-order valence-corrected chi connectivity index (χ2v) is 6.79. The summed E-state index contributed by atoms with van der Waals surface area (Å²) >= 11 is 5.76. The van der Waals surface area contributed by atoms with Gasteiger partial charge in [-0.3, -0.25) is 9.69 Å². The molecule has 0 spiro atoms. The van der Waals surface area contributed by atoms with E-state index in [2.05, 4.69) is 11.0 Å². The van der Waals surface area contributed by atoms with Gasteiger partial charge in [0.15, 0.2) is 0 Å². The molecule has 0 aromatic heterocycles. The van der Waals surface area contributed by atoms with E-state index in [1.807, 2.05) is 24.3 Å². The van der Waals surface area contributed by atoms with Crippen LogP contribution in [0.15, 0.2) is 42.5 Å². The lowest BCUT2D eigenvalue weighted by Gasteiger charge is -2.22. The molecule has 1 fully saturated rings. The van der Waals surface area contributed by atoms with Gasteiger partial charge in [0.1, 0.15) is 5.82 Å². The fraction of sp³-hybridized carbons (Fsp3) is 0.300. The molecular weight excluding hydrogens is 353 g/mol. The topological polar surface area (TPSA) is 47.3 Å². The third-order valence-corrected chi connectivity index (χ3v) is 4.76. The normalized spacial score (nSPS) is 15.3. The third kappa shape index (κ3) is 4.40. The molecule has 2 aromatic carbocycles. The number of nitrogens with zero attached hydrogens (tertiary/aromatic N) is 3. The van der Waals surface area contributed by atoms with Crippen molar-refractivity contribution < 1.29 is 9.18 Å². The van der Waals surface area contributed by atoms with Gasteiger partial charge in [-0.15, -0.1) is 0 Å². The lowest BCUT2D eigenvalue weighted by Crippen LogP contribution is -2.35. The Morgan fingerprint density at radius 2 is 1.88 bits per heavy atom. The quantitative estimate of drug-likeness (QED) is 0.826. The van der Waals surface area contributed by atoms with Crippen molar-refractivity contribution in [3.63, 3.8) is 0 Å². The number of hydrogen-bond acceptors (Lipinski definition) is 3. The van der Waals surface area contributed by atoms with E-state index in [0.29, 0.717) is 18.7 Å². The maximum absolute atomic E-state index is 14.0. The molecule has 0 saturated carbocycles. The molecule has 1 amide bonds. The molecule has 0 N–H and O–H groups in total. The fourth-order valence-corrected chi connectivity index (χ4v) is 3.27. The summed E-state index contributed by atoms with van der Waals surface area (Å²) in [6, 6.07) is 13.8. The molecule has 1 heterocycles. The molecule has 0 aliphatic carbocycles. The number of carbonyl (C=O) groups excluding carboxylic acids is 1.